The van der Waals surface area contributed by atoms with E-state index in [1.54, 1.807) is 18.2 Å². The van der Waals surface area contributed by atoms with E-state index < -0.39 is 11.9 Å². The van der Waals surface area contributed by atoms with Crippen LogP contribution in [-0.2, 0) is 27.3 Å². The summed E-state index contributed by atoms with van der Waals surface area (Å²) in [6.45, 7) is 8.10. The number of hydrogen-bond donors (Lipinski definition) is 3. The number of aromatic nitrogens is 2. The molecular weight excluding hydrogens is 496 g/mol. The topological polar surface area (TPSA) is 155 Å². The van der Waals surface area contributed by atoms with Gasteiger partial charge in [0.2, 0.25) is 0 Å². The lowest BCUT2D eigenvalue weighted by molar-refractivity contribution is 0.0242. The molecule has 0 atom stereocenters. The van der Waals surface area contributed by atoms with Crippen molar-refractivity contribution in [1.82, 2.24) is 19.8 Å². The number of ether oxygens (including phenoxy) is 3. The number of aliphatic hydroxyl groups excluding tert-OH is 1. The molecule has 0 amide bonds. The van der Waals surface area contributed by atoms with Crippen molar-refractivity contribution < 1.29 is 39.1 Å². The van der Waals surface area contributed by atoms with Crippen molar-refractivity contribution in [3.8, 4) is 0 Å². The Morgan fingerprint density at radius 1 is 0.711 bits per heavy atom. The molecule has 0 fully saturated rings. The average Bonchev–Trinajstić information content (AvgIpc) is 2.91. The number of aliphatic hydroxyl groups is 1. The summed E-state index contributed by atoms with van der Waals surface area (Å²) in [5.41, 5.74) is 1.37. The van der Waals surface area contributed by atoms with E-state index in [1.807, 2.05) is 13.0 Å². The number of likely N-dealkylation sites (N-methyl/N-ethyl adjacent to an activating group) is 1. The normalized spacial score (nSPS) is 11.4. The predicted octanol–water partition coefficient (Wildman–Crippen LogP) is 1.24. The first-order valence-electron chi connectivity index (χ1n) is 12.6. The molecule has 0 saturated carbocycles. The summed E-state index contributed by atoms with van der Waals surface area (Å²) in [6.07, 6.45) is 0. The summed E-state index contributed by atoms with van der Waals surface area (Å²) < 4.78 is 16.8. The summed E-state index contributed by atoms with van der Waals surface area (Å²) in [4.78, 5) is 34.8. The van der Waals surface area contributed by atoms with Gasteiger partial charge in [0.1, 0.15) is 11.4 Å². The SMILES string of the molecule is CCN(CCOCCOCCN(CCOCCO)Cc1cccc(C(=O)O)n1)Cc1cccc(C(=O)O)n1. The smallest absolute Gasteiger partial charge is 0.354 e. The largest absolute Gasteiger partial charge is 0.477 e. The maximum Gasteiger partial charge on any atom is 0.354 e. The molecule has 0 aliphatic carbocycles. The Morgan fingerprint density at radius 3 is 1.61 bits per heavy atom. The molecule has 0 unspecified atom stereocenters. The Hall–Kier alpha value is -3.00. The Bertz CT molecular complexity index is 978. The molecule has 0 radical (unpaired) electrons. The van der Waals surface area contributed by atoms with Crippen molar-refractivity contribution in [2.75, 3.05) is 72.4 Å². The standard InChI is InChI=1S/C26H38N4O8/c1-2-29(19-21-5-3-7-23(27-21)25(32)33)9-13-37-17-18-38-15-11-30(10-14-36-16-12-31)20-22-6-4-8-24(28-22)26(34)35/h3-8,31H,2,9-20H2,1H3,(H,32,33)(H,34,35). The van der Waals surface area contributed by atoms with Crippen LogP contribution in [0, 0.1) is 0 Å². The fourth-order valence-corrected chi connectivity index (χ4v) is 3.52. The molecule has 2 aromatic heterocycles. The molecule has 38 heavy (non-hydrogen) atoms. The van der Waals surface area contributed by atoms with Crippen molar-refractivity contribution in [3.05, 3.63) is 59.2 Å². The van der Waals surface area contributed by atoms with Crippen LogP contribution in [0.15, 0.2) is 36.4 Å². The van der Waals surface area contributed by atoms with Crippen molar-refractivity contribution in [2.45, 2.75) is 20.0 Å². The van der Waals surface area contributed by atoms with Gasteiger partial charge in [-0.3, -0.25) is 9.80 Å². The molecule has 0 bridgehead atoms. The molecular formula is C26H38N4O8. The lowest BCUT2D eigenvalue weighted by atomic mass is 10.3. The number of carboxylic acids is 2. The summed E-state index contributed by atoms with van der Waals surface area (Å²) in [7, 11) is 0. The average molecular weight is 535 g/mol. The molecule has 2 aromatic rings. The Kier molecular flexibility index (Phi) is 15.0. The van der Waals surface area contributed by atoms with E-state index in [0.29, 0.717) is 77.1 Å². The van der Waals surface area contributed by atoms with Crippen molar-refractivity contribution >= 4 is 11.9 Å². The van der Waals surface area contributed by atoms with Gasteiger partial charge in [-0.1, -0.05) is 19.1 Å². The maximum atomic E-state index is 11.2. The number of carboxylic acid groups (broad SMARTS) is 2. The third kappa shape index (κ3) is 12.5. The summed E-state index contributed by atoms with van der Waals surface area (Å²) in [5.74, 6) is -2.11. The minimum absolute atomic E-state index is 0.000870. The summed E-state index contributed by atoms with van der Waals surface area (Å²) >= 11 is 0. The first-order valence-corrected chi connectivity index (χ1v) is 12.6. The van der Waals surface area contributed by atoms with Crippen LogP contribution >= 0.6 is 0 Å². The fraction of sp³-hybridized carbons (Fsp3) is 0.538. The van der Waals surface area contributed by atoms with Crippen LogP contribution in [0.3, 0.4) is 0 Å². The van der Waals surface area contributed by atoms with Gasteiger partial charge in [-0.05, 0) is 30.8 Å². The molecule has 0 saturated heterocycles. The van der Waals surface area contributed by atoms with E-state index >= 15 is 0 Å². The highest BCUT2D eigenvalue weighted by atomic mass is 16.5. The van der Waals surface area contributed by atoms with Gasteiger partial charge in [0, 0.05) is 32.7 Å². The number of pyridine rings is 2. The van der Waals surface area contributed by atoms with E-state index in [2.05, 4.69) is 19.8 Å². The molecule has 2 heterocycles. The van der Waals surface area contributed by atoms with Gasteiger partial charge < -0.3 is 29.5 Å². The van der Waals surface area contributed by atoms with Crippen molar-refractivity contribution in [1.29, 1.82) is 0 Å². The van der Waals surface area contributed by atoms with E-state index in [9.17, 15) is 9.59 Å². The number of aromatic carboxylic acids is 2. The highest BCUT2D eigenvalue weighted by molar-refractivity contribution is 5.85. The lowest BCUT2D eigenvalue weighted by Crippen LogP contribution is -2.32. The van der Waals surface area contributed by atoms with Gasteiger partial charge >= 0.3 is 11.9 Å². The number of rotatable bonds is 21. The molecule has 0 aliphatic heterocycles. The Morgan fingerprint density at radius 2 is 1.16 bits per heavy atom. The molecule has 0 aliphatic rings. The van der Waals surface area contributed by atoms with Crippen LogP contribution in [0.4, 0.5) is 0 Å². The molecule has 2 rings (SSSR count). The van der Waals surface area contributed by atoms with Crippen LogP contribution in [0.25, 0.3) is 0 Å². The van der Waals surface area contributed by atoms with Gasteiger partial charge in [0.25, 0.3) is 0 Å². The number of hydrogen-bond acceptors (Lipinski definition) is 10. The van der Waals surface area contributed by atoms with Crippen molar-refractivity contribution in [3.63, 3.8) is 0 Å². The quantitative estimate of drug-likeness (QED) is 0.197. The molecule has 3 N–H and O–H groups in total. The van der Waals surface area contributed by atoms with Gasteiger partial charge in [0.15, 0.2) is 0 Å². The molecule has 210 valence electrons. The highest BCUT2D eigenvalue weighted by Gasteiger charge is 2.11. The monoisotopic (exact) mass is 534 g/mol. The maximum absolute atomic E-state index is 11.2. The number of nitrogens with zero attached hydrogens (tertiary/aromatic N) is 4. The predicted molar refractivity (Wildman–Crippen MR) is 138 cm³/mol. The lowest BCUT2D eigenvalue weighted by Gasteiger charge is -2.22. The first kappa shape index (κ1) is 31.2. The zero-order valence-electron chi connectivity index (χ0n) is 21.8. The van der Waals surface area contributed by atoms with Crippen LogP contribution in [-0.4, -0.2) is 119 Å². The van der Waals surface area contributed by atoms with Crippen LogP contribution in [0.1, 0.15) is 39.3 Å². The minimum atomic E-state index is -1.07. The molecule has 12 heteroatoms. The number of carbonyl (C=O) groups is 2. The second-order valence-electron chi connectivity index (χ2n) is 8.34. The van der Waals surface area contributed by atoms with Crippen LogP contribution < -0.4 is 0 Å². The fourth-order valence-electron chi connectivity index (χ4n) is 3.52. The van der Waals surface area contributed by atoms with Gasteiger partial charge in [-0.2, -0.15) is 0 Å². The van der Waals surface area contributed by atoms with E-state index in [4.69, 9.17) is 29.5 Å². The highest BCUT2D eigenvalue weighted by Crippen LogP contribution is 2.06. The second-order valence-corrected chi connectivity index (χ2v) is 8.34. The van der Waals surface area contributed by atoms with Gasteiger partial charge in [-0.25, -0.2) is 19.6 Å². The first-order chi connectivity index (χ1) is 18.4. The minimum Gasteiger partial charge on any atom is -0.477 e. The molecule has 12 nitrogen and oxygen atoms in total. The zero-order chi connectivity index (χ0) is 27.6. The van der Waals surface area contributed by atoms with E-state index in [-0.39, 0.29) is 24.6 Å². The van der Waals surface area contributed by atoms with Gasteiger partial charge in [0.05, 0.1) is 57.6 Å². The third-order valence-electron chi connectivity index (χ3n) is 5.53. The molecule has 0 aromatic carbocycles. The molecule has 0 spiro atoms. The van der Waals surface area contributed by atoms with Gasteiger partial charge in [-0.15, -0.1) is 0 Å². The van der Waals surface area contributed by atoms with E-state index in [0.717, 1.165) is 6.54 Å². The van der Waals surface area contributed by atoms with Crippen molar-refractivity contribution in [2.24, 2.45) is 0 Å². The Labute approximate surface area is 222 Å². The van der Waals surface area contributed by atoms with Crippen LogP contribution in [0.5, 0.6) is 0 Å². The summed E-state index contributed by atoms with van der Waals surface area (Å²) in [5, 5.41) is 27.2. The van der Waals surface area contributed by atoms with Crippen LogP contribution in [0.2, 0.25) is 0 Å². The Balaban J connectivity index is 1.67. The summed E-state index contributed by atoms with van der Waals surface area (Å²) in [6, 6.07) is 9.89. The zero-order valence-corrected chi connectivity index (χ0v) is 21.8. The van der Waals surface area contributed by atoms with E-state index in [1.165, 1.54) is 12.1 Å². The second kappa shape index (κ2) is 18.3. The third-order valence-corrected chi connectivity index (χ3v) is 5.53.